The Morgan fingerprint density at radius 2 is 1.73 bits per heavy atom. The topological polar surface area (TPSA) is 96.8 Å². The van der Waals surface area contributed by atoms with Crippen LogP contribution in [0.5, 0.6) is 0 Å². The number of rotatable bonds is 5. The van der Waals surface area contributed by atoms with Crippen LogP contribution in [0.3, 0.4) is 0 Å². The molecule has 1 N–H and O–H groups in total. The fraction of sp³-hybridized carbons (Fsp3) is 0.143. The highest BCUT2D eigenvalue weighted by Gasteiger charge is 2.48. The first kappa shape index (κ1) is 24.3. The Morgan fingerprint density at radius 3 is 2.38 bits per heavy atom. The maximum Gasteiger partial charge on any atom is 0.337 e. The number of ether oxygens (including phenoxy) is 1. The average Bonchev–Trinajstić information content (AvgIpc) is 3.45. The number of aryl methyl sites for hydroxylation is 1. The van der Waals surface area contributed by atoms with Gasteiger partial charge in [0.2, 0.25) is 0 Å². The molecule has 0 spiro atoms. The van der Waals surface area contributed by atoms with Crippen molar-refractivity contribution in [2.24, 2.45) is 0 Å². The molecule has 1 fully saturated rings. The molecule has 1 amide bonds. The third-order valence-electron chi connectivity index (χ3n) is 6.27. The Labute approximate surface area is 215 Å². The van der Waals surface area contributed by atoms with Crippen LogP contribution in [-0.2, 0) is 20.7 Å². The van der Waals surface area contributed by atoms with Gasteiger partial charge in [-0.05, 0) is 66.1 Å². The van der Waals surface area contributed by atoms with Crippen molar-refractivity contribution in [3.05, 3.63) is 100 Å². The number of carbonyl (C=O) groups excluding carboxylic acids is 3. The molecule has 1 aromatic heterocycles. The monoisotopic (exact) mass is 516 g/mol. The number of Topliss-reactive ketones (excluding diaryl/α,β-unsaturated/α-hetero) is 1. The maximum absolute atomic E-state index is 13.5. The molecule has 1 aliphatic rings. The van der Waals surface area contributed by atoms with Gasteiger partial charge in [0, 0.05) is 5.56 Å². The van der Waals surface area contributed by atoms with E-state index in [0.717, 1.165) is 28.8 Å². The van der Waals surface area contributed by atoms with E-state index >= 15 is 0 Å². The van der Waals surface area contributed by atoms with Crippen LogP contribution in [0.1, 0.15) is 40.0 Å². The van der Waals surface area contributed by atoms with Crippen molar-refractivity contribution in [3.63, 3.8) is 0 Å². The van der Waals surface area contributed by atoms with E-state index < -0.39 is 35.3 Å². The number of esters is 1. The van der Waals surface area contributed by atoms with E-state index in [2.05, 4.69) is 4.98 Å². The summed E-state index contributed by atoms with van der Waals surface area (Å²) in [6.45, 7) is 2.04. The third-order valence-corrected chi connectivity index (χ3v) is 7.28. The molecule has 4 aromatic rings. The number of hydrogen-bond donors (Lipinski definition) is 1. The first-order chi connectivity index (χ1) is 17.8. The molecule has 186 valence electrons. The summed E-state index contributed by atoms with van der Waals surface area (Å²) in [6, 6.07) is 16.0. The minimum atomic E-state index is -1.03. The van der Waals surface area contributed by atoms with Crippen molar-refractivity contribution >= 4 is 50.1 Å². The highest BCUT2D eigenvalue weighted by Crippen LogP contribution is 2.44. The van der Waals surface area contributed by atoms with E-state index in [9.17, 15) is 23.9 Å². The fourth-order valence-electron chi connectivity index (χ4n) is 4.31. The second-order valence-electron chi connectivity index (χ2n) is 8.44. The van der Waals surface area contributed by atoms with E-state index in [1.807, 2.05) is 25.1 Å². The quantitative estimate of drug-likeness (QED) is 0.165. The number of ketones is 1. The summed E-state index contributed by atoms with van der Waals surface area (Å²) in [7, 11) is 1.27. The smallest absolute Gasteiger partial charge is 0.337 e. The second-order valence-corrected chi connectivity index (χ2v) is 9.45. The van der Waals surface area contributed by atoms with Crippen molar-refractivity contribution < 1.29 is 28.6 Å². The predicted octanol–water partition coefficient (Wildman–Crippen LogP) is 5.41. The summed E-state index contributed by atoms with van der Waals surface area (Å²) in [5, 5.41) is 11.4. The summed E-state index contributed by atoms with van der Waals surface area (Å²) in [5.74, 6) is -3.21. The van der Waals surface area contributed by atoms with Crippen LogP contribution in [0, 0.1) is 5.82 Å². The van der Waals surface area contributed by atoms with Crippen molar-refractivity contribution in [1.82, 2.24) is 4.98 Å². The van der Waals surface area contributed by atoms with Crippen molar-refractivity contribution in [2.75, 3.05) is 12.0 Å². The Bertz CT molecular complexity index is 1570. The van der Waals surface area contributed by atoms with Gasteiger partial charge in [0.15, 0.2) is 5.13 Å². The number of carbonyl (C=O) groups is 3. The van der Waals surface area contributed by atoms with Crippen LogP contribution >= 0.6 is 11.3 Å². The van der Waals surface area contributed by atoms with Crippen molar-refractivity contribution in [2.45, 2.75) is 19.4 Å². The number of amides is 1. The molecule has 9 heteroatoms. The molecule has 0 bridgehead atoms. The van der Waals surface area contributed by atoms with Crippen molar-refractivity contribution in [3.8, 4) is 0 Å². The van der Waals surface area contributed by atoms with Gasteiger partial charge in [-0.15, -0.1) is 0 Å². The van der Waals surface area contributed by atoms with Crippen molar-refractivity contribution in [1.29, 1.82) is 0 Å². The number of nitrogens with zero attached hydrogens (tertiary/aromatic N) is 2. The first-order valence-electron chi connectivity index (χ1n) is 11.5. The van der Waals surface area contributed by atoms with Gasteiger partial charge in [-0.2, -0.15) is 0 Å². The van der Waals surface area contributed by atoms with Crippen LogP contribution in [0.25, 0.3) is 16.0 Å². The minimum Gasteiger partial charge on any atom is -0.507 e. The van der Waals surface area contributed by atoms with Crippen LogP contribution in [0.4, 0.5) is 9.52 Å². The number of hydrogen-bond acceptors (Lipinski definition) is 7. The third kappa shape index (κ3) is 4.27. The number of aliphatic hydroxyl groups is 1. The molecule has 1 saturated heterocycles. The Balaban J connectivity index is 1.70. The molecule has 3 aromatic carbocycles. The van der Waals surface area contributed by atoms with Crippen LogP contribution in [0.15, 0.2) is 72.3 Å². The SMILES string of the molecule is CCc1ccc2nc(N3C(=O)C(=O)C(=C(O)c4ccc(F)cc4)[C@@H]3c3ccc(C(=O)OC)cc3)sc2c1. The van der Waals surface area contributed by atoms with E-state index in [4.69, 9.17) is 4.74 Å². The molecular weight excluding hydrogens is 495 g/mol. The molecule has 2 heterocycles. The van der Waals surface area contributed by atoms with Crippen LogP contribution in [-0.4, -0.2) is 34.9 Å². The summed E-state index contributed by atoms with van der Waals surface area (Å²) in [6.07, 6.45) is 0.831. The number of aliphatic hydroxyl groups excluding tert-OH is 1. The molecule has 1 aliphatic heterocycles. The highest BCUT2D eigenvalue weighted by atomic mass is 32.1. The summed E-state index contributed by atoms with van der Waals surface area (Å²) < 4.78 is 19.1. The molecule has 5 rings (SSSR count). The van der Waals surface area contributed by atoms with Gasteiger partial charge in [-0.1, -0.05) is 36.5 Å². The standard InChI is InChI=1S/C28H21FN2O5S/c1-3-15-4-13-20-21(14-15)37-28(30-20)31-23(16-5-7-18(8-6-16)27(35)36-2)22(25(33)26(31)34)24(32)17-9-11-19(29)12-10-17/h4-14,23,32H,3H2,1-2H3/t23-/m0/s1. The molecule has 1 atom stereocenters. The zero-order chi connectivity index (χ0) is 26.3. The summed E-state index contributed by atoms with van der Waals surface area (Å²) >= 11 is 1.27. The molecule has 0 unspecified atom stereocenters. The van der Waals surface area contributed by atoms with E-state index in [1.165, 1.54) is 47.6 Å². The number of thiazole rings is 1. The molecule has 37 heavy (non-hydrogen) atoms. The number of anilines is 1. The fourth-order valence-corrected chi connectivity index (χ4v) is 5.36. The molecule has 0 radical (unpaired) electrons. The zero-order valence-electron chi connectivity index (χ0n) is 19.9. The maximum atomic E-state index is 13.5. The Hall–Kier alpha value is -4.37. The van der Waals surface area contributed by atoms with E-state index in [-0.39, 0.29) is 16.7 Å². The zero-order valence-corrected chi connectivity index (χ0v) is 20.7. The van der Waals surface area contributed by atoms with Crippen LogP contribution < -0.4 is 4.90 Å². The van der Waals surface area contributed by atoms with Gasteiger partial charge < -0.3 is 9.84 Å². The van der Waals surface area contributed by atoms with Gasteiger partial charge in [0.25, 0.3) is 5.78 Å². The number of fused-ring (bicyclic) bond motifs is 1. The molecule has 0 saturated carbocycles. The minimum absolute atomic E-state index is 0.157. The number of halogens is 1. The lowest BCUT2D eigenvalue weighted by Crippen LogP contribution is -2.29. The number of benzene rings is 3. The Kier molecular flexibility index (Phi) is 6.31. The van der Waals surface area contributed by atoms with Gasteiger partial charge in [-0.25, -0.2) is 14.2 Å². The van der Waals surface area contributed by atoms with Gasteiger partial charge in [-0.3, -0.25) is 14.5 Å². The van der Waals surface area contributed by atoms with Crippen LogP contribution in [0.2, 0.25) is 0 Å². The normalized spacial score (nSPS) is 16.9. The lowest BCUT2D eigenvalue weighted by atomic mass is 9.95. The lowest BCUT2D eigenvalue weighted by molar-refractivity contribution is -0.132. The molecule has 7 nitrogen and oxygen atoms in total. The first-order valence-corrected chi connectivity index (χ1v) is 12.3. The Morgan fingerprint density at radius 1 is 1.05 bits per heavy atom. The lowest BCUT2D eigenvalue weighted by Gasteiger charge is -2.23. The number of aromatic nitrogens is 1. The van der Waals surface area contributed by atoms with Gasteiger partial charge in [0.05, 0.1) is 34.5 Å². The van der Waals surface area contributed by atoms with E-state index in [1.54, 1.807) is 12.1 Å². The largest absolute Gasteiger partial charge is 0.507 e. The summed E-state index contributed by atoms with van der Waals surface area (Å²) in [5.41, 5.74) is 2.58. The highest BCUT2D eigenvalue weighted by molar-refractivity contribution is 7.22. The predicted molar refractivity (Wildman–Crippen MR) is 138 cm³/mol. The summed E-state index contributed by atoms with van der Waals surface area (Å²) in [4.78, 5) is 44.5. The molecular formula is C28H21FN2O5S. The number of methoxy groups -OCH3 is 1. The average molecular weight is 517 g/mol. The van der Waals surface area contributed by atoms with Gasteiger partial charge in [0.1, 0.15) is 11.6 Å². The van der Waals surface area contributed by atoms with Gasteiger partial charge >= 0.3 is 11.9 Å². The molecule has 0 aliphatic carbocycles. The van der Waals surface area contributed by atoms with E-state index in [0.29, 0.717) is 16.2 Å². The second kappa shape index (κ2) is 9.59.